The molecule has 0 heterocycles. The van der Waals surface area contributed by atoms with E-state index < -0.39 is 29.8 Å². The van der Waals surface area contributed by atoms with Crippen molar-refractivity contribution in [1.29, 1.82) is 0 Å². The fraction of sp³-hybridized carbons (Fsp3) is 0.727. The molecule has 0 aliphatic rings. The van der Waals surface area contributed by atoms with Crippen LogP contribution >= 0.6 is 0 Å². The molecule has 0 aromatic carbocycles. The summed E-state index contributed by atoms with van der Waals surface area (Å²) in [5, 5.41) is 18.9. The molecule has 1 amide bonds. The van der Waals surface area contributed by atoms with Crippen LogP contribution in [0.3, 0.4) is 0 Å². The van der Waals surface area contributed by atoms with Gasteiger partial charge in [0.2, 0.25) is 5.72 Å². The predicted octanol–water partition coefficient (Wildman–Crippen LogP) is -0.0120. The number of carbonyl (C=O) groups excluding carboxylic acids is 1. The Bertz CT molecular complexity index is 335. The Morgan fingerprint density at radius 2 is 1.80 bits per heavy atom. The second-order valence-corrected chi connectivity index (χ2v) is 3.80. The van der Waals surface area contributed by atoms with Crippen LogP contribution in [0.25, 0.3) is 0 Å². The standard InChI is InChI=1S/C7H14N2O5.C4H8O2/c1-4(9-6(12)13-2)7(8,14-3)5(10)11;1-2-3-4(5)6/h4H,8H2,1-3H3,(H,9,12)(H,10,11);2-3H2,1H3,(H,5,6)/t4-,7-;/m0./s1. The number of carboxylic acids is 2. The van der Waals surface area contributed by atoms with Gasteiger partial charge < -0.3 is 25.0 Å². The van der Waals surface area contributed by atoms with Crippen LogP contribution in [0.1, 0.15) is 26.7 Å². The second kappa shape index (κ2) is 9.98. The van der Waals surface area contributed by atoms with Crippen molar-refractivity contribution in [3.05, 3.63) is 0 Å². The van der Waals surface area contributed by atoms with Gasteiger partial charge >= 0.3 is 18.0 Å². The first-order chi connectivity index (χ1) is 9.15. The molecule has 0 rings (SSSR count). The van der Waals surface area contributed by atoms with Crippen LogP contribution in [0.15, 0.2) is 0 Å². The van der Waals surface area contributed by atoms with Gasteiger partial charge in [-0.05, 0) is 13.3 Å². The molecular formula is C11H22N2O7. The largest absolute Gasteiger partial charge is 0.481 e. The lowest BCUT2D eigenvalue weighted by molar-refractivity contribution is -0.164. The molecule has 0 aliphatic heterocycles. The van der Waals surface area contributed by atoms with Crippen molar-refractivity contribution in [3.63, 3.8) is 0 Å². The molecule has 9 heteroatoms. The summed E-state index contributed by atoms with van der Waals surface area (Å²) in [6.45, 7) is 3.24. The summed E-state index contributed by atoms with van der Waals surface area (Å²) < 4.78 is 8.90. The van der Waals surface area contributed by atoms with Gasteiger partial charge in [0.25, 0.3) is 0 Å². The molecule has 20 heavy (non-hydrogen) atoms. The van der Waals surface area contributed by atoms with Crippen LogP contribution in [-0.4, -0.2) is 54.2 Å². The summed E-state index contributed by atoms with van der Waals surface area (Å²) in [5.74, 6) is -2.08. The molecule has 2 atom stereocenters. The number of ether oxygens (including phenoxy) is 2. The minimum atomic E-state index is -1.96. The first-order valence-corrected chi connectivity index (χ1v) is 5.79. The van der Waals surface area contributed by atoms with Crippen molar-refractivity contribution >= 4 is 18.0 Å². The number of alkyl carbamates (subject to hydrolysis) is 1. The van der Waals surface area contributed by atoms with Crippen LogP contribution in [0.2, 0.25) is 0 Å². The van der Waals surface area contributed by atoms with Crippen molar-refractivity contribution in [3.8, 4) is 0 Å². The number of hydrogen-bond acceptors (Lipinski definition) is 6. The number of amides is 1. The van der Waals surface area contributed by atoms with Gasteiger partial charge in [-0.15, -0.1) is 0 Å². The summed E-state index contributed by atoms with van der Waals surface area (Å²) in [4.78, 5) is 31.1. The van der Waals surface area contributed by atoms with E-state index >= 15 is 0 Å². The minimum absolute atomic E-state index is 0.292. The number of rotatable bonds is 6. The van der Waals surface area contributed by atoms with Crippen LogP contribution in [-0.2, 0) is 19.1 Å². The molecule has 0 aromatic rings. The summed E-state index contributed by atoms with van der Waals surface area (Å²) >= 11 is 0. The molecular weight excluding hydrogens is 272 g/mol. The first-order valence-electron chi connectivity index (χ1n) is 5.79. The maximum Gasteiger partial charge on any atom is 0.407 e. The molecule has 0 fully saturated rings. The molecule has 9 nitrogen and oxygen atoms in total. The first kappa shape index (κ1) is 20.4. The molecule has 0 bridgehead atoms. The number of nitrogens with two attached hydrogens (primary N) is 1. The van der Waals surface area contributed by atoms with Crippen molar-refractivity contribution in [2.45, 2.75) is 38.5 Å². The number of hydrogen-bond donors (Lipinski definition) is 4. The summed E-state index contributed by atoms with van der Waals surface area (Å²) in [5.41, 5.74) is 3.43. The molecule has 0 saturated carbocycles. The topological polar surface area (TPSA) is 148 Å². The van der Waals surface area contributed by atoms with Crippen molar-refractivity contribution in [2.24, 2.45) is 5.73 Å². The maximum atomic E-state index is 10.8. The summed E-state index contributed by atoms with van der Waals surface area (Å²) in [6.07, 6.45) is 0.251. The Balaban J connectivity index is 0. The van der Waals surface area contributed by atoms with E-state index in [2.05, 4.69) is 14.8 Å². The van der Waals surface area contributed by atoms with Gasteiger partial charge in [0.05, 0.1) is 13.2 Å². The third-order valence-corrected chi connectivity index (χ3v) is 2.30. The maximum absolute atomic E-state index is 10.8. The van der Waals surface area contributed by atoms with Crippen molar-refractivity contribution in [2.75, 3.05) is 14.2 Å². The van der Waals surface area contributed by atoms with E-state index in [1.807, 2.05) is 6.92 Å². The highest BCUT2D eigenvalue weighted by molar-refractivity contribution is 5.79. The van der Waals surface area contributed by atoms with E-state index in [1.165, 1.54) is 6.92 Å². The highest BCUT2D eigenvalue weighted by Crippen LogP contribution is 2.08. The van der Waals surface area contributed by atoms with Gasteiger partial charge in [-0.1, -0.05) is 6.92 Å². The molecule has 0 spiro atoms. The fourth-order valence-corrected chi connectivity index (χ4v) is 1.01. The average molecular weight is 294 g/mol. The van der Waals surface area contributed by atoms with Gasteiger partial charge in [0.1, 0.15) is 0 Å². The lowest BCUT2D eigenvalue weighted by atomic mass is 10.1. The van der Waals surface area contributed by atoms with Crippen LogP contribution < -0.4 is 11.1 Å². The quantitative estimate of drug-likeness (QED) is 0.500. The Hall–Kier alpha value is -1.87. The van der Waals surface area contributed by atoms with Crippen molar-refractivity contribution < 1.29 is 34.1 Å². The van der Waals surface area contributed by atoms with E-state index in [9.17, 15) is 14.4 Å². The lowest BCUT2D eigenvalue weighted by Crippen LogP contribution is -2.63. The molecule has 0 unspecified atom stereocenters. The normalized spacial score (nSPS) is 14.1. The Morgan fingerprint density at radius 1 is 1.30 bits per heavy atom. The molecule has 5 N–H and O–H groups in total. The Morgan fingerprint density at radius 3 is 2.00 bits per heavy atom. The monoisotopic (exact) mass is 294 g/mol. The zero-order valence-corrected chi connectivity index (χ0v) is 12.0. The summed E-state index contributed by atoms with van der Waals surface area (Å²) in [7, 11) is 2.30. The van der Waals surface area contributed by atoms with E-state index in [1.54, 1.807) is 0 Å². The SMILES string of the molecule is CCCC(=O)O.COC(=O)N[C@@H](C)[C@](N)(OC)C(=O)O. The van der Waals surface area contributed by atoms with Gasteiger partial charge in [0.15, 0.2) is 0 Å². The van der Waals surface area contributed by atoms with Crippen LogP contribution in [0, 0.1) is 0 Å². The molecule has 0 aliphatic carbocycles. The Kier molecular flexibility index (Phi) is 10.2. The smallest absolute Gasteiger partial charge is 0.407 e. The van der Waals surface area contributed by atoms with Crippen LogP contribution in [0.4, 0.5) is 4.79 Å². The lowest BCUT2D eigenvalue weighted by Gasteiger charge is -2.29. The van der Waals surface area contributed by atoms with Gasteiger partial charge in [-0.3, -0.25) is 10.5 Å². The number of methoxy groups -OCH3 is 2. The van der Waals surface area contributed by atoms with E-state index in [0.717, 1.165) is 20.6 Å². The van der Waals surface area contributed by atoms with Gasteiger partial charge in [-0.25, -0.2) is 9.59 Å². The minimum Gasteiger partial charge on any atom is -0.481 e. The van der Waals surface area contributed by atoms with Gasteiger partial charge in [0, 0.05) is 13.5 Å². The zero-order valence-electron chi connectivity index (χ0n) is 12.0. The van der Waals surface area contributed by atoms with E-state index in [0.29, 0.717) is 6.42 Å². The molecule has 0 saturated heterocycles. The van der Waals surface area contributed by atoms with Crippen LogP contribution in [0.5, 0.6) is 0 Å². The molecule has 118 valence electrons. The average Bonchev–Trinajstić information content (AvgIpc) is 2.37. The highest BCUT2D eigenvalue weighted by atomic mass is 16.5. The second-order valence-electron chi connectivity index (χ2n) is 3.80. The van der Waals surface area contributed by atoms with E-state index in [-0.39, 0.29) is 0 Å². The fourth-order valence-electron chi connectivity index (χ4n) is 1.01. The number of carboxylic acid groups (broad SMARTS) is 2. The molecule has 0 radical (unpaired) electrons. The number of carbonyl (C=O) groups is 3. The number of aliphatic carboxylic acids is 2. The van der Waals surface area contributed by atoms with Crippen molar-refractivity contribution in [1.82, 2.24) is 5.32 Å². The third kappa shape index (κ3) is 7.54. The van der Waals surface area contributed by atoms with Gasteiger partial charge in [-0.2, -0.15) is 0 Å². The summed E-state index contributed by atoms with van der Waals surface area (Å²) in [6, 6.07) is -0.919. The third-order valence-electron chi connectivity index (χ3n) is 2.30. The highest BCUT2D eigenvalue weighted by Gasteiger charge is 2.41. The number of nitrogens with one attached hydrogen (secondary N) is 1. The Labute approximate surface area is 117 Å². The zero-order chi connectivity index (χ0) is 16.3. The van der Waals surface area contributed by atoms with E-state index in [4.69, 9.17) is 15.9 Å². The molecule has 0 aromatic heterocycles. The predicted molar refractivity (Wildman–Crippen MR) is 69.1 cm³/mol.